The van der Waals surface area contributed by atoms with Crippen molar-refractivity contribution >= 4 is 11.3 Å². The van der Waals surface area contributed by atoms with Crippen LogP contribution in [0.4, 0.5) is 13.2 Å². The molecule has 2 unspecified atom stereocenters. The van der Waals surface area contributed by atoms with Crippen LogP contribution in [-0.4, -0.2) is 24.9 Å². The number of thiophene rings is 1. The van der Waals surface area contributed by atoms with Gasteiger partial charge in [-0.25, -0.2) is 0 Å². The quantitative estimate of drug-likeness (QED) is 0.871. The van der Waals surface area contributed by atoms with Crippen LogP contribution in [0.3, 0.4) is 0 Å². The molecule has 6 heteroatoms. The Morgan fingerprint density at radius 3 is 2.71 bits per heavy atom. The molecule has 0 aromatic carbocycles. The van der Waals surface area contributed by atoms with Crippen LogP contribution >= 0.6 is 11.3 Å². The van der Waals surface area contributed by atoms with Crippen LogP contribution in [0.2, 0.25) is 0 Å². The highest BCUT2D eigenvalue weighted by atomic mass is 32.1. The summed E-state index contributed by atoms with van der Waals surface area (Å²) in [6.07, 6.45) is -1.19. The zero-order valence-corrected chi connectivity index (χ0v) is 13.2. The van der Waals surface area contributed by atoms with Crippen LogP contribution in [-0.2, 0) is 11.3 Å². The standard InChI is InChI=1S/C15H22F3NOS/c1-10-6-12(11(2)21-10)8-19-13-4-3-5-14(7-13)20-9-15(16,17)18/h6,13-14,19H,3-5,7-9H2,1-2H3. The first kappa shape index (κ1) is 16.8. The highest BCUT2D eigenvalue weighted by Crippen LogP contribution is 2.25. The Bertz CT molecular complexity index is 458. The van der Waals surface area contributed by atoms with Gasteiger partial charge in [0.05, 0.1) is 6.10 Å². The second kappa shape index (κ2) is 7.11. The number of ether oxygens (including phenoxy) is 1. The predicted octanol–water partition coefficient (Wildman–Crippen LogP) is 4.34. The van der Waals surface area contributed by atoms with E-state index in [1.165, 1.54) is 15.3 Å². The third-order valence-electron chi connectivity index (χ3n) is 3.83. The first-order valence-electron chi connectivity index (χ1n) is 7.31. The molecule has 0 saturated heterocycles. The van der Waals surface area contributed by atoms with E-state index < -0.39 is 12.8 Å². The average molecular weight is 321 g/mol. The summed E-state index contributed by atoms with van der Waals surface area (Å²) in [5, 5.41) is 3.46. The number of hydrogen-bond donors (Lipinski definition) is 1. The largest absolute Gasteiger partial charge is 0.411 e. The monoisotopic (exact) mass is 321 g/mol. The number of nitrogens with one attached hydrogen (secondary N) is 1. The topological polar surface area (TPSA) is 21.3 Å². The normalized spacial score (nSPS) is 23.5. The fourth-order valence-corrected chi connectivity index (χ4v) is 3.75. The van der Waals surface area contributed by atoms with E-state index in [2.05, 4.69) is 25.2 Å². The molecule has 0 aliphatic heterocycles. The molecule has 2 nitrogen and oxygen atoms in total. The molecular formula is C15H22F3NOS. The molecule has 2 rings (SSSR count). The molecule has 1 aliphatic carbocycles. The second-order valence-electron chi connectivity index (χ2n) is 5.73. The Morgan fingerprint density at radius 2 is 2.10 bits per heavy atom. The Labute approximate surface area is 127 Å². The summed E-state index contributed by atoms with van der Waals surface area (Å²) in [5.41, 5.74) is 1.29. The van der Waals surface area contributed by atoms with Crippen molar-refractivity contribution in [2.45, 2.75) is 64.4 Å². The third kappa shape index (κ3) is 5.60. The van der Waals surface area contributed by atoms with Gasteiger partial charge < -0.3 is 10.1 Å². The van der Waals surface area contributed by atoms with Gasteiger partial charge in [0, 0.05) is 22.3 Å². The van der Waals surface area contributed by atoms with Gasteiger partial charge in [-0.2, -0.15) is 13.2 Å². The van der Waals surface area contributed by atoms with Crippen molar-refractivity contribution in [1.82, 2.24) is 5.32 Å². The minimum absolute atomic E-state index is 0.247. The molecule has 0 spiro atoms. The molecule has 1 saturated carbocycles. The summed E-state index contributed by atoms with van der Waals surface area (Å²) in [5.74, 6) is 0. The Kier molecular flexibility index (Phi) is 5.68. The molecule has 1 aromatic rings. The SMILES string of the molecule is Cc1cc(CNC2CCCC(OCC(F)(F)F)C2)c(C)s1. The Morgan fingerprint density at radius 1 is 1.33 bits per heavy atom. The van der Waals surface area contributed by atoms with Crippen molar-refractivity contribution in [2.75, 3.05) is 6.61 Å². The van der Waals surface area contributed by atoms with E-state index >= 15 is 0 Å². The van der Waals surface area contributed by atoms with Gasteiger partial charge in [0.1, 0.15) is 6.61 Å². The van der Waals surface area contributed by atoms with E-state index in [-0.39, 0.29) is 12.1 Å². The molecule has 2 atom stereocenters. The van der Waals surface area contributed by atoms with E-state index in [9.17, 15) is 13.2 Å². The minimum Gasteiger partial charge on any atom is -0.369 e. The molecular weight excluding hydrogens is 299 g/mol. The van der Waals surface area contributed by atoms with Gasteiger partial charge in [0.2, 0.25) is 0 Å². The molecule has 1 aliphatic rings. The van der Waals surface area contributed by atoms with Crippen LogP contribution in [0.5, 0.6) is 0 Å². The van der Waals surface area contributed by atoms with E-state index in [0.717, 1.165) is 25.8 Å². The average Bonchev–Trinajstić information content (AvgIpc) is 2.72. The van der Waals surface area contributed by atoms with Crippen molar-refractivity contribution in [2.24, 2.45) is 0 Å². The van der Waals surface area contributed by atoms with E-state index in [1.807, 2.05) is 0 Å². The van der Waals surface area contributed by atoms with Crippen molar-refractivity contribution in [3.8, 4) is 0 Å². The zero-order valence-electron chi connectivity index (χ0n) is 12.4. The maximum Gasteiger partial charge on any atom is 0.411 e. The second-order valence-corrected chi connectivity index (χ2v) is 7.19. The van der Waals surface area contributed by atoms with Crippen molar-refractivity contribution in [3.63, 3.8) is 0 Å². The lowest BCUT2D eigenvalue weighted by atomic mass is 9.92. The molecule has 1 heterocycles. The van der Waals surface area contributed by atoms with Crippen molar-refractivity contribution in [3.05, 3.63) is 21.4 Å². The minimum atomic E-state index is -4.23. The molecule has 1 N–H and O–H groups in total. The molecule has 1 aromatic heterocycles. The van der Waals surface area contributed by atoms with Crippen LogP contribution in [0.25, 0.3) is 0 Å². The molecule has 120 valence electrons. The van der Waals surface area contributed by atoms with Gasteiger partial charge in [-0.1, -0.05) is 0 Å². The summed E-state index contributed by atoms with van der Waals surface area (Å²) in [4.78, 5) is 2.60. The number of rotatable bonds is 5. The van der Waals surface area contributed by atoms with E-state index in [1.54, 1.807) is 11.3 Å². The fraction of sp³-hybridized carbons (Fsp3) is 0.733. The molecule has 0 radical (unpaired) electrons. The van der Waals surface area contributed by atoms with Crippen LogP contribution in [0.1, 0.15) is 41.0 Å². The third-order valence-corrected chi connectivity index (χ3v) is 4.84. The highest BCUT2D eigenvalue weighted by molar-refractivity contribution is 7.12. The van der Waals surface area contributed by atoms with Crippen molar-refractivity contribution in [1.29, 1.82) is 0 Å². The van der Waals surface area contributed by atoms with Crippen LogP contribution < -0.4 is 5.32 Å². The van der Waals surface area contributed by atoms with Gasteiger partial charge in [0.25, 0.3) is 0 Å². The molecule has 21 heavy (non-hydrogen) atoms. The first-order valence-corrected chi connectivity index (χ1v) is 8.13. The number of halogens is 3. The van der Waals surface area contributed by atoms with Crippen molar-refractivity contribution < 1.29 is 17.9 Å². The maximum atomic E-state index is 12.2. The number of hydrogen-bond acceptors (Lipinski definition) is 3. The molecule has 0 bridgehead atoms. The number of aryl methyl sites for hydroxylation is 2. The molecule has 0 amide bonds. The summed E-state index contributed by atoms with van der Waals surface area (Å²) in [6, 6.07) is 2.42. The maximum absolute atomic E-state index is 12.2. The fourth-order valence-electron chi connectivity index (χ4n) is 2.81. The van der Waals surface area contributed by atoms with Gasteiger partial charge >= 0.3 is 6.18 Å². The van der Waals surface area contributed by atoms with E-state index in [0.29, 0.717) is 6.42 Å². The summed E-state index contributed by atoms with van der Waals surface area (Å²) in [7, 11) is 0. The Hall–Kier alpha value is -0.590. The number of alkyl halides is 3. The lowest BCUT2D eigenvalue weighted by molar-refractivity contribution is -0.188. The smallest absolute Gasteiger partial charge is 0.369 e. The van der Waals surface area contributed by atoms with Gasteiger partial charge in [0.15, 0.2) is 0 Å². The van der Waals surface area contributed by atoms with Gasteiger partial charge in [-0.05, 0) is 51.2 Å². The van der Waals surface area contributed by atoms with Crippen LogP contribution in [0.15, 0.2) is 6.07 Å². The predicted molar refractivity (Wildman–Crippen MR) is 78.7 cm³/mol. The summed E-state index contributed by atoms with van der Waals surface area (Å²) < 4.78 is 41.5. The lowest BCUT2D eigenvalue weighted by Gasteiger charge is -2.30. The zero-order chi connectivity index (χ0) is 15.5. The first-order chi connectivity index (χ1) is 9.83. The van der Waals surface area contributed by atoms with Gasteiger partial charge in [-0.15, -0.1) is 11.3 Å². The molecule has 1 fully saturated rings. The van der Waals surface area contributed by atoms with Crippen LogP contribution in [0, 0.1) is 13.8 Å². The Balaban J connectivity index is 1.77. The van der Waals surface area contributed by atoms with E-state index in [4.69, 9.17) is 4.74 Å². The lowest BCUT2D eigenvalue weighted by Crippen LogP contribution is -2.37. The summed E-state index contributed by atoms with van der Waals surface area (Å²) in [6.45, 7) is 3.84. The summed E-state index contributed by atoms with van der Waals surface area (Å²) >= 11 is 1.78. The van der Waals surface area contributed by atoms with Gasteiger partial charge in [-0.3, -0.25) is 0 Å². The highest BCUT2D eigenvalue weighted by Gasteiger charge is 2.31.